The molecular weight excluding hydrogens is 610 g/mol. The van der Waals surface area contributed by atoms with Crippen LogP contribution >= 0.6 is 0 Å². The normalized spacial score (nSPS) is 36.0. The maximum Gasteiger partial charge on any atom is 0.438 e. The zero-order chi connectivity index (χ0) is 32.6. The molecule has 43 heavy (non-hydrogen) atoms. The van der Waals surface area contributed by atoms with Gasteiger partial charge in [-0.3, -0.25) is 19.2 Å². The highest BCUT2D eigenvalue weighted by atomic mass is 32.2. The number of halogens is 6. The number of ether oxygens (including phenoxy) is 1. The summed E-state index contributed by atoms with van der Waals surface area (Å²) in [5.41, 5.74) is -6.89. The highest BCUT2D eigenvalue weighted by Gasteiger charge is 2.75. The van der Waals surface area contributed by atoms with E-state index in [9.17, 15) is 58.5 Å². The first-order valence-electron chi connectivity index (χ1n) is 14.3. The molecule has 4 aliphatic rings. The molecule has 244 valence electrons. The molecule has 8 nitrogen and oxygen atoms in total. The van der Waals surface area contributed by atoms with E-state index in [2.05, 4.69) is 4.74 Å². The van der Waals surface area contributed by atoms with E-state index in [1.165, 1.54) is 0 Å². The largest absolute Gasteiger partial charge is 0.748 e. The summed E-state index contributed by atoms with van der Waals surface area (Å²) in [4.78, 5) is 51.8. The van der Waals surface area contributed by atoms with Crippen molar-refractivity contribution in [2.45, 2.75) is 96.5 Å². The lowest BCUT2D eigenvalue weighted by atomic mass is 9.44. The van der Waals surface area contributed by atoms with Crippen LogP contribution in [0, 0.1) is 46.3 Å². The Kier molecular flexibility index (Phi) is 8.50. The molecule has 8 atom stereocenters. The smallest absolute Gasteiger partial charge is 0.438 e. The number of carbonyl (C=O) groups excluding carboxylic acids is 4. The van der Waals surface area contributed by atoms with Gasteiger partial charge in [0, 0.05) is 43.4 Å². The average molecular weight is 646 g/mol. The molecule has 15 heteroatoms. The quantitative estimate of drug-likeness (QED) is 0.216. The summed E-state index contributed by atoms with van der Waals surface area (Å²) in [7, 11) is -6.14. The SMILES string of the molecule is CC(CCC(=O)OC(CS(=O)(=O)[O-])(C(F)(F)F)C(F)(F)F)C1CCC2C3C(=O)CC4CC(=O)CCC4(C)C3CC(=O)C12C. The molecule has 0 N–H and O–H groups in total. The molecule has 4 fully saturated rings. The van der Waals surface area contributed by atoms with Crippen LogP contribution < -0.4 is 0 Å². The Morgan fingerprint density at radius 2 is 1.60 bits per heavy atom. The van der Waals surface area contributed by atoms with Gasteiger partial charge in [0.15, 0.2) is 0 Å². The van der Waals surface area contributed by atoms with Crippen molar-refractivity contribution in [1.82, 2.24) is 0 Å². The monoisotopic (exact) mass is 645 g/mol. The van der Waals surface area contributed by atoms with Gasteiger partial charge in [0.25, 0.3) is 0 Å². The molecule has 0 aliphatic heterocycles. The Bertz CT molecular complexity index is 1280. The first-order chi connectivity index (χ1) is 19.5. The molecule has 4 saturated carbocycles. The number of hydrogen-bond acceptors (Lipinski definition) is 8. The third kappa shape index (κ3) is 5.65. The van der Waals surface area contributed by atoms with Gasteiger partial charge in [-0.2, -0.15) is 26.3 Å². The highest BCUT2D eigenvalue weighted by molar-refractivity contribution is 7.85. The van der Waals surface area contributed by atoms with Gasteiger partial charge in [0.1, 0.15) is 17.3 Å². The summed E-state index contributed by atoms with van der Waals surface area (Å²) in [5, 5.41) is 0. The predicted octanol–water partition coefficient (Wildman–Crippen LogP) is 4.94. The molecule has 0 bridgehead atoms. The van der Waals surface area contributed by atoms with E-state index in [4.69, 9.17) is 0 Å². The Morgan fingerprint density at radius 3 is 2.16 bits per heavy atom. The zero-order valence-corrected chi connectivity index (χ0v) is 24.8. The van der Waals surface area contributed by atoms with Crippen LogP contribution in [0.3, 0.4) is 0 Å². The topological polar surface area (TPSA) is 135 Å². The van der Waals surface area contributed by atoms with Crippen LogP contribution in [-0.2, 0) is 34.0 Å². The first-order valence-corrected chi connectivity index (χ1v) is 15.9. The van der Waals surface area contributed by atoms with Crippen LogP contribution in [0.25, 0.3) is 0 Å². The second-order valence-electron chi connectivity index (χ2n) is 13.5. The molecule has 0 aromatic rings. The van der Waals surface area contributed by atoms with E-state index in [1.54, 1.807) is 13.8 Å². The standard InChI is InChI=1S/C28H36F6O8S/c1-14(4-7-22(38)42-26(27(29,30)31,28(32,33)34)13-43(39,40)41)17-5-6-18-23-19(12-21(37)25(17,18)3)24(2)9-8-16(35)10-15(24)11-20(23)36/h14-15,17-19,23H,4-13H2,1-3H3,(H,39,40,41)/p-1. The van der Waals surface area contributed by atoms with E-state index >= 15 is 0 Å². The minimum absolute atomic E-state index is 0.00625. The van der Waals surface area contributed by atoms with Gasteiger partial charge >= 0.3 is 23.9 Å². The molecule has 0 amide bonds. The van der Waals surface area contributed by atoms with Gasteiger partial charge in [-0.25, -0.2) is 8.42 Å². The van der Waals surface area contributed by atoms with E-state index in [0.717, 1.165) is 0 Å². The van der Waals surface area contributed by atoms with Crippen LogP contribution in [-0.4, -0.2) is 60.0 Å². The summed E-state index contributed by atoms with van der Waals surface area (Å²) < 4.78 is 118. The molecule has 4 aliphatic carbocycles. The molecule has 0 saturated heterocycles. The molecule has 0 aromatic carbocycles. The van der Waals surface area contributed by atoms with Gasteiger partial charge in [0.2, 0.25) is 0 Å². The van der Waals surface area contributed by atoms with Gasteiger partial charge in [-0.05, 0) is 60.7 Å². The van der Waals surface area contributed by atoms with Crippen molar-refractivity contribution < 1.29 is 63.2 Å². The van der Waals surface area contributed by atoms with E-state index in [1.807, 2.05) is 6.92 Å². The number of carbonyl (C=O) groups is 4. The predicted molar refractivity (Wildman–Crippen MR) is 135 cm³/mol. The lowest BCUT2D eigenvalue weighted by Crippen LogP contribution is -2.63. The molecule has 0 spiro atoms. The molecule has 0 aromatic heterocycles. The summed E-state index contributed by atoms with van der Waals surface area (Å²) in [6.45, 7) is 5.40. The van der Waals surface area contributed by atoms with Gasteiger partial charge in [-0.1, -0.05) is 20.8 Å². The number of fused-ring (bicyclic) bond motifs is 5. The Hall–Kier alpha value is -2.03. The van der Waals surface area contributed by atoms with Crippen molar-refractivity contribution in [1.29, 1.82) is 0 Å². The number of rotatable bonds is 7. The second-order valence-corrected chi connectivity index (χ2v) is 14.9. The van der Waals surface area contributed by atoms with Crippen LogP contribution in [0.1, 0.15) is 78.6 Å². The van der Waals surface area contributed by atoms with Crippen molar-refractivity contribution in [2.75, 3.05) is 5.75 Å². The number of Topliss-reactive ketones (excluding diaryl/α,β-unsaturated/α-hetero) is 3. The first kappa shape index (κ1) is 33.9. The molecular formula is C28H35F6O8S-. The van der Waals surface area contributed by atoms with E-state index in [-0.39, 0.29) is 59.8 Å². The van der Waals surface area contributed by atoms with E-state index in [0.29, 0.717) is 32.1 Å². The van der Waals surface area contributed by atoms with Crippen molar-refractivity contribution >= 4 is 33.4 Å². The number of ketones is 3. The molecule has 4 rings (SSSR count). The number of alkyl halides is 6. The lowest BCUT2D eigenvalue weighted by Gasteiger charge is -2.58. The minimum Gasteiger partial charge on any atom is -0.748 e. The minimum atomic E-state index is -6.45. The van der Waals surface area contributed by atoms with Crippen LogP contribution in [0.15, 0.2) is 0 Å². The third-order valence-electron chi connectivity index (χ3n) is 11.3. The Labute approximate surface area is 245 Å². The summed E-state index contributed by atoms with van der Waals surface area (Å²) >= 11 is 0. The van der Waals surface area contributed by atoms with Crippen molar-refractivity contribution in [3.05, 3.63) is 0 Å². The van der Waals surface area contributed by atoms with Gasteiger partial charge in [-0.15, -0.1) is 0 Å². The van der Waals surface area contributed by atoms with Crippen molar-refractivity contribution in [3.63, 3.8) is 0 Å². The van der Waals surface area contributed by atoms with Crippen molar-refractivity contribution in [3.8, 4) is 0 Å². The van der Waals surface area contributed by atoms with Gasteiger partial charge < -0.3 is 9.29 Å². The fourth-order valence-electron chi connectivity index (χ4n) is 8.90. The summed E-state index contributed by atoms with van der Waals surface area (Å²) in [6, 6.07) is 0. The van der Waals surface area contributed by atoms with Gasteiger partial charge in [0.05, 0.1) is 15.9 Å². The maximum atomic E-state index is 13.8. The molecule has 0 radical (unpaired) electrons. The fourth-order valence-corrected chi connectivity index (χ4v) is 9.78. The fraction of sp³-hybridized carbons (Fsp3) is 0.857. The van der Waals surface area contributed by atoms with Crippen LogP contribution in [0.5, 0.6) is 0 Å². The van der Waals surface area contributed by atoms with Crippen LogP contribution in [0.4, 0.5) is 26.3 Å². The Balaban J connectivity index is 1.51. The summed E-state index contributed by atoms with van der Waals surface area (Å²) in [6.07, 6.45) is -11.5. The highest BCUT2D eigenvalue weighted by Crippen LogP contribution is 2.66. The Morgan fingerprint density at radius 1 is 1.00 bits per heavy atom. The average Bonchev–Trinajstić information content (AvgIpc) is 3.20. The second kappa shape index (κ2) is 10.8. The van der Waals surface area contributed by atoms with Crippen LogP contribution in [0.2, 0.25) is 0 Å². The lowest BCUT2D eigenvalue weighted by molar-refractivity contribution is -0.361. The number of hydrogen-bond donors (Lipinski definition) is 0. The summed E-state index contributed by atoms with van der Waals surface area (Å²) in [5.74, 6) is -7.11. The van der Waals surface area contributed by atoms with E-state index < -0.39 is 69.4 Å². The maximum absolute atomic E-state index is 13.8. The molecule has 0 heterocycles. The molecule has 8 unspecified atom stereocenters. The third-order valence-corrected chi connectivity index (χ3v) is 12.1. The zero-order valence-electron chi connectivity index (χ0n) is 24.0. The number of esters is 1. The van der Waals surface area contributed by atoms with Crippen molar-refractivity contribution in [2.24, 2.45) is 46.3 Å².